The molecule has 1 N–H and O–H groups in total. The average molecular weight is 298 g/mol. The molecule has 2 rings (SSSR count). The predicted molar refractivity (Wildman–Crippen MR) is 77.9 cm³/mol. The molecule has 6 heteroatoms. The van der Waals surface area contributed by atoms with E-state index in [4.69, 9.17) is 9.47 Å². The minimum atomic E-state index is -0.302. The molecule has 120 valence electrons. The molecule has 1 aliphatic heterocycles. The number of carbonyl (C=O) groups excluding carboxylic acids is 2. The maximum atomic E-state index is 11.9. The SMILES string of the molecule is C[C@@H]1CCC[C@@H](OCC(=O)N[C@@H](C)CN2CCOC2=O)C1. The average Bonchev–Trinajstić information content (AvgIpc) is 2.82. The van der Waals surface area contributed by atoms with E-state index >= 15 is 0 Å². The van der Waals surface area contributed by atoms with Gasteiger partial charge >= 0.3 is 6.09 Å². The topological polar surface area (TPSA) is 67.9 Å². The summed E-state index contributed by atoms with van der Waals surface area (Å²) in [6.45, 7) is 5.72. The van der Waals surface area contributed by atoms with Crippen LogP contribution in [0, 0.1) is 5.92 Å². The maximum absolute atomic E-state index is 11.9. The van der Waals surface area contributed by atoms with Gasteiger partial charge in [-0.25, -0.2) is 4.79 Å². The van der Waals surface area contributed by atoms with Crippen molar-refractivity contribution in [1.29, 1.82) is 0 Å². The van der Waals surface area contributed by atoms with Crippen molar-refractivity contribution in [2.75, 3.05) is 26.3 Å². The van der Waals surface area contributed by atoms with E-state index in [-0.39, 0.29) is 30.8 Å². The molecule has 3 atom stereocenters. The first-order valence-corrected chi connectivity index (χ1v) is 7.87. The van der Waals surface area contributed by atoms with Crippen molar-refractivity contribution in [2.24, 2.45) is 5.92 Å². The monoisotopic (exact) mass is 298 g/mol. The van der Waals surface area contributed by atoms with Crippen molar-refractivity contribution in [1.82, 2.24) is 10.2 Å². The van der Waals surface area contributed by atoms with Crippen LogP contribution in [-0.4, -0.2) is 55.3 Å². The molecule has 0 unspecified atom stereocenters. The third-order valence-electron chi connectivity index (χ3n) is 4.08. The zero-order valence-electron chi connectivity index (χ0n) is 13.0. The normalized spacial score (nSPS) is 27.3. The minimum Gasteiger partial charge on any atom is -0.448 e. The van der Waals surface area contributed by atoms with Gasteiger partial charge in [0.05, 0.1) is 12.6 Å². The second-order valence-electron chi connectivity index (χ2n) is 6.23. The Labute approximate surface area is 126 Å². The number of nitrogens with one attached hydrogen (secondary N) is 1. The van der Waals surface area contributed by atoms with Gasteiger partial charge in [-0.05, 0) is 25.7 Å². The Bertz CT molecular complexity index is 375. The highest BCUT2D eigenvalue weighted by atomic mass is 16.6. The molecule has 0 aromatic rings. The van der Waals surface area contributed by atoms with Crippen LogP contribution in [-0.2, 0) is 14.3 Å². The van der Waals surface area contributed by atoms with Crippen LogP contribution in [0.5, 0.6) is 0 Å². The molecule has 0 aromatic carbocycles. The van der Waals surface area contributed by atoms with Crippen LogP contribution in [0.4, 0.5) is 4.79 Å². The van der Waals surface area contributed by atoms with Crippen molar-refractivity contribution in [3.63, 3.8) is 0 Å². The van der Waals surface area contributed by atoms with Gasteiger partial charge in [-0.3, -0.25) is 4.79 Å². The van der Waals surface area contributed by atoms with Gasteiger partial charge in [-0.2, -0.15) is 0 Å². The Hall–Kier alpha value is -1.30. The first kappa shape index (κ1) is 16.1. The fourth-order valence-corrected chi connectivity index (χ4v) is 3.01. The van der Waals surface area contributed by atoms with Crippen molar-refractivity contribution >= 4 is 12.0 Å². The van der Waals surface area contributed by atoms with Gasteiger partial charge in [0.25, 0.3) is 0 Å². The van der Waals surface area contributed by atoms with Crippen molar-refractivity contribution in [2.45, 2.75) is 51.7 Å². The molecule has 0 bridgehead atoms. The summed E-state index contributed by atoms with van der Waals surface area (Å²) >= 11 is 0. The third kappa shape index (κ3) is 5.19. The number of hydrogen-bond acceptors (Lipinski definition) is 4. The van der Waals surface area contributed by atoms with Gasteiger partial charge in [0, 0.05) is 12.6 Å². The van der Waals surface area contributed by atoms with Crippen LogP contribution in [0.2, 0.25) is 0 Å². The molecule has 1 aliphatic carbocycles. The molecule has 1 saturated carbocycles. The molecule has 0 aromatic heterocycles. The summed E-state index contributed by atoms with van der Waals surface area (Å²) in [7, 11) is 0. The van der Waals surface area contributed by atoms with E-state index in [9.17, 15) is 9.59 Å². The first-order chi connectivity index (χ1) is 10.0. The van der Waals surface area contributed by atoms with E-state index in [0.717, 1.165) is 12.8 Å². The summed E-state index contributed by atoms with van der Waals surface area (Å²) in [6.07, 6.45) is 4.44. The molecular weight excluding hydrogens is 272 g/mol. The molecule has 1 heterocycles. The number of carbonyl (C=O) groups is 2. The summed E-state index contributed by atoms with van der Waals surface area (Å²) in [5.41, 5.74) is 0. The van der Waals surface area contributed by atoms with Crippen molar-refractivity contribution in [3.05, 3.63) is 0 Å². The van der Waals surface area contributed by atoms with Crippen LogP contribution in [0.25, 0.3) is 0 Å². The third-order valence-corrected chi connectivity index (χ3v) is 4.08. The van der Waals surface area contributed by atoms with Crippen LogP contribution >= 0.6 is 0 Å². The lowest BCUT2D eigenvalue weighted by Crippen LogP contribution is -2.44. The minimum absolute atomic E-state index is 0.1000. The van der Waals surface area contributed by atoms with E-state index in [1.54, 1.807) is 4.90 Å². The number of rotatable bonds is 6. The number of cyclic esters (lactones) is 1. The van der Waals surface area contributed by atoms with E-state index in [1.165, 1.54) is 12.8 Å². The smallest absolute Gasteiger partial charge is 0.410 e. The summed E-state index contributed by atoms with van der Waals surface area (Å²) in [5.74, 6) is 0.570. The lowest BCUT2D eigenvalue weighted by molar-refractivity contribution is -0.129. The Morgan fingerprint density at radius 1 is 1.52 bits per heavy atom. The molecule has 0 spiro atoms. The standard InChI is InChI=1S/C15H26N2O4/c1-11-4-3-5-13(8-11)21-10-14(18)16-12(2)9-17-6-7-20-15(17)19/h11-13H,3-10H2,1-2H3,(H,16,18)/t11-,12+,13-/m1/s1. The van der Waals surface area contributed by atoms with Crippen LogP contribution in [0.3, 0.4) is 0 Å². The number of amides is 2. The maximum Gasteiger partial charge on any atom is 0.410 e. The lowest BCUT2D eigenvalue weighted by Gasteiger charge is -2.27. The Morgan fingerprint density at radius 3 is 3.00 bits per heavy atom. The zero-order chi connectivity index (χ0) is 15.2. The van der Waals surface area contributed by atoms with E-state index in [0.29, 0.717) is 25.6 Å². The van der Waals surface area contributed by atoms with Gasteiger partial charge in [0.2, 0.25) is 5.91 Å². The number of ether oxygens (including phenoxy) is 2. The molecule has 2 amide bonds. The van der Waals surface area contributed by atoms with E-state index < -0.39 is 0 Å². The summed E-state index contributed by atoms with van der Waals surface area (Å²) in [6, 6.07) is -0.1000. The van der Waals surface area contributed by atoms with Gasteiger partial charge in [-0.1, -0.05) is 19.8 Å². The molecule has 21 heavy (non-hydrogen) atoms. The highest BCUT2D eigenvalue weighted by Gasteiger charge is 2.24. The highest BCUT2D eigenvalue weighted by Crippen LogP contribution is 2.25. The number of hydrogen-bond donors (Lipinski definition) is 1. The summed E-state index contributed by atoms with van der Waals surface area (Å²) in [4.78, 5) is 24.8. The van der Waals surface area contributed by atoms with Crippen molar-refractivity contribution < 1.29 is 19.1 Å². The van der Waals surface area contributed by atoms with Crippen LogP contribution < -0.4 is 5.32 Å². The summed E-state index contributed by atoms with van der Waals surface area (Å²) in [5, 5.41) is 2.86. The fraction of sp³-hybridized carbons (Fsp3) is 0.867. The molecule has 1 saturated heterocycles. The molecule has 6 nitrogen and oxygen atoms in total. The highest BCUT2D eigenvalue weighted by molar-refractivity contribution is 5.77. The molecular formula is C15H26N2O4. The molecule has 0 radical (unpaired) electrons. The van der Waals surface area contributed by atoms with Crippen molar-refractivity contribution in [3.8, 4) is 0 Å². The Morgan fingerprint density at radius 2 is 2.33 bits per heavy atom. The zero-order valence-corrected chi connectivity index (χ0v) is 13.0. The lowest BCUT2D eigenvalue weighted by atomic mass is 9.89. The van der Waals surface area contributed by atoms with Gasteiger partial charge < -0.3 is 19.7 Å². The second-order valence-corrected chi connectivity index (χ2v) is 6.23. The molecule has 2 fully saturated rings. The first-order valence-electron chi connectivity index (χ1n) is 7.87. The Balaban J connectivity index is 1.63. The van der Waals surface area contributed by atoms with Crippen LogP contribution in [0.1, 0.15) is 39.5 Å². The van der Waals surface area contributed by atoms with Gasteiger partial charge in [-0.15, -0.1) is 0 Å². The van der Waals surface area contributed by atoms with E-state index in [1.807, 2.05) is 6.92 Å². The van der Waals surface area contributed by atoms with Crippen LogP contribution in [0.15, 0.2) is 0 Å². The quantitative estimate of drug-likeness (QED) is 0.807. The van der Waals surface area contributed by atoms with Gasteiger partial charge in [0.1, 0.15) is 13.2 Å². The summed E-state index contributed by atoms with van der Waals surface area (Å²) < 4.78 is 10.5. The van der Waals surface area contributed by atoms with Gasteiger partial charge in [0.15, 0.2) is 0 Å². The fourth-order valence-electron chi connectivity index (χ4n) is 3.01. The van der Waals surface area contributed by atoms with E-state index in [2.05, 4.69) is 12.2 Å². The second kappa shape index (κ2) is 7.64. The molecule has 2 aliphatic rings. The Kier molecular flexibility index (Phi) is 5.85. The number of nitrogens with zero attached hydrogens (tertiary/aromatic N) is 1. The largest absolute Gasteiger partial charge is 0.448 e. The predicted octanol–water partition coefficient (Wildman–Crippen LogP) is 1.54.